The number of rotatable bonds is 6. The van der Waals surface area contributed by atoms with E-state index >= 15 is 0 Å². The first-order chi connectivity index (χ1) is 7.10. The molecular formula is C10H20ClNO2S. The van der Waals surface area contributed by atoms with E-state index in [1.54, 1.807) is 4.31 Å². The van der Waals surface area contributed by atoms with Gasteiger partial charge in [0, 0.05) is 19.0 Å². The molecule has 15 heavy (non-hydrogen) atoms. The first-order valence-corrected chi connectivity index (χ1v) is 7.78. The zero-order chi connectivity index (χ0) is 11.3. The van der Waals surface area contributed by atoms with Crippen LogP contribution in [0.5, 0.6) is 0 Å². The maximum Gasteiger partial charge on any atom is 0.214 e. The van der Waals surface area contributed by atoms with Crippen molar-refractivity contribution in [2.45, 2.75) is 32.6 Å². The molecule has 1 aliphatic heterocycles. The molecule has 1 aliphatic rings. The summed E-state index contributed by atoms with van der Waals surface area (Å²) in [7, 11) is -3.00. The zero-order valence-corrected chi connectivity index (χ0v) is 10.9. The first kappa shape index (κ1) is 13.3. The van der Waals surface area contributed by atoms with Crippen molar-refractivity contribution in [3.63, 3.8) is 0 Å². The van der Waals surface area contributed by atoms with Crippen LogP contribution in [0.3, 0.4) is 0 Å². The van der Waals surface area contributed by atoms with Crippen LogP contribution in [0.4, 0.5) is 0 Å². The lowest BCUT2D eigenvalue weighted by atomic mass is 10.1. The predicted molar refractivity (Wildman–Crippen MR) is 63.7 cm³/mol. The molecule has 0 aromatic heterocycles. The van der Waals surface area contributed by atoms with Gasteiger partial charge in [0.1, 0.15) is 0 Å². The Hall–Kier alpha value is 0.200. The largest absolute Gasteiger partial charge is 0.214 e. The molecule has 3 nitrogen and oxygen atoms in total. The van der Waals surface area contributed by atoms with Crippen LogP contribution in [0.25, 0.3) is 0 Å². The molecule has 0 radical (unpaired) electrons. The van der Waals surface area contributed by atoms with Gasteiger partial charge < -0.3 is 0 Å². The summed E-state index contributed by atoms with van der Waals surface area (Å²) in [4.78, 5) is 0. The third-order valence-electron chi connectivity index (χ3n) is 3.01. The fraction of sp³-hybridized carbons (Fsp3) is 1.00. The van der Waals surface area contributed by atoms with Crippen molar-refractivity contribution in [3.05, 3.63) is 0 Å². The van der Waals surface area contributed by atoms with Gasteiger partial charge in [-0.1, -0.05) is 13.3 Å². The molecule has 0 aliphatic carbocycles. The van der Waals surface area contributed by atoms with E-state index < -0.39 is 10.0 Å². The van der Waals surface area contributed by atoms with E-state index in [0.717, 1.165) is 25.8 Å². The van der Waals surface area contributed by atoms with Gasteiger partial charge in [0.05, 0.1) is 5.75 Å². The third kappa shape index (κ3) is 3.93. The van der Waals surface area contributed by atoms with E-state index in [-0.39, 0.29) is 5.75 Å². The SMILES string of the molecule is CCC1CCN(S(=O)(=O)CCCCCl)C1. The monoisotopic (exact) mass is 253 g/mol. The molecule has 0 amide bonds. The summed E-state index contributed by atoms with van der Waals surface area (Å²) in [6, 6.07) is 0. The molecule has 1 unspecified atom stereocenters. The van der Waals surface area contributed by atoms with Gasteiger partial charge in [-0.25, -0.2) is 12.7 Å². The van der Waals surface area contributed by atoms with Gasteiger partial charge in [-0.3, -0.25) is 0 Å². The van der Waals surface area contributed by atoms with E-state index in [9.17, 15) is 8.42 Å². The smallest absolute Gasteiger partial charge is 0.212 e. The summed E-state index contributed by atoms with van der Waals surface area (Å²) in [5, 5.41) is 0. The van der Waals surface area contributed by atoms with Crippen molar-refractivity contribution in [1.29, 1.82) is 0 Å². The Bertz CT molecular complexity index is 279. The average molecular weight is 254 g/mol. The van der Waals surface area contributed by atoms with E-state index in [2.05, 4.69) is 6.92 Å². The van der Waals surface area contributed by atoms with Crippen molar-refractivity contribution in [2.24, 2.45) is 5.92 Å². The standard InChI is InChI=1S/C10H20ClNO2S/c1-2-10-5-7-12(9-10)15(13,14)8-4-3-6-11/h10H,2-9H2,1H3. The number of hydrogen-bond acceptors (Lipinski definition) is 2. The van der Waals surface area contributed by atoms with Crippen LogP contribution in [0.1, 0.15) is 32.6 Å². The number of alkyl halides is 1. The second-order valence-electron chi connectivity index (χ2n) is 4.13. The molecule has 1 fully saturated rings. The summed E-state index contributed by atoms with van der Waals surface area (Å²) in [5.41, 5.74) is 0. The lowest BCUT2D eigenvalue weighted by molar-refractivity contribution is 0.451. The van der Waals surface area contributed by atoms with Crippen LogP contribution >= 0.6 is 11.6 Å². The summed E-state index contributed by atoms with van der Waals surface area (Å²) in [6.07, 6.45) is 3.56. The molecule has 0 aromatic rings. The third-order valence-corrected chi connectivity index (χ3v) is 5.20. The Morgan fingerprint density at radius 3 is 2.67 bits per heavy atom. The fourth-order valence-electron chi connectivity index (χ4n) is 1.89. The zero-order valence-electron chi connectivity index (χ0n) is 9.28. The minimum absolute atomic E-state index is 0.260. The Morgan fingerprint density at radius 1 is 1.40 bits per heavy atom. The lowest BCUT2D eigenvalue weighted by Crippen LogP contribution is -2.31. The molecule has 1 rings (SSSR count). The predicted octanol–water partition coefficient (Wildman–Crippen LogP) is 2.07. The molecule has 0 N–H and O–H groups in total. The van der Waals surface area contributed by atoms with E-state index in [1.807, 2.05) is 0 Å². The Kier molecular flexibility index (Phi) is 5.36. The highest BCUT2D eigenvalue weighted by atomic mass is 35.5. The highest BCUT2D eigenvalue weighted by Crippen LogP contribution is 2.22. The molecule has 0 spiro atoms. The number of sulfonamides is 1. The fourth-order valence-corrected chi connectivity index (χ4v) is 3.73. The van der Waals surface area contributed by atoms with Crippen LogP contribution in [-0.4, -0.2) is 37.4 Å². The van der Waals surface area contributed by atoms with Crippen molar-refractivity contribution in [3.8, 4) is 0 Å². The minimum Gasteiger partial charge on any atom is -0.212 e. The summed E-state index contributed by atoms with van der Waals surface area (Å²) in [5.74, 6) is 1.37. The first-order valence-electron chi connectivity index (χ1n) is 5.64. The summed E-state index contributed by atoms with van der Waals surface area (Å²) < 4.78 is 25.4. The number of nitrogens with zero attached hydrogens (tertiary/aromatic N) is 1. The van der Waals surface area contributed by atoms with Crippen LogP contribution < -0.4 is 0 Å². The maximum absolute atomic E-state index is 11.9. The maximum atomic E-state index is 11.9. The van der Waals surface area contributed by atoms with Crippen molar-refractivity contribution in [1.82, 2.24) is 4.31 Å². The quantitative estimate of drug-likeness (QED) is 0.537. The molecule has 90 valence electrons. The van der Waals surface area contributed by atoms with Gasteiger partial charge in [0.15, 0.2) is 0 Å². The van der Waals surface area contributed by atoms with Crippen LogP contribution in [-0.2, 0) is 10.0 Å². The van der Waals surface area contributed by atoms with Crippen LogP contribution in [0.2, 0.25) is 0 Å². The van der Waals surface area contributed by atoms with E-state index in [1.165, 1.54) is 0 Å². The van der Waals surface area contributed by atoms with Crippen molar-refractivity contribution >= 4 is 21.6 Å². The van der Waals surface area contributed by atoms with Crippen molar-refractivity contribution in [2.75, 3.05) is 24.7 Å². The number of hydrogen-bond donors (Lipinski definition) is 0. The van der Waals surface area contributed by atoms with Crippen LogP contribution in [0, 0.1) is 5.92 Å². The van der Waals surface area contributed by atoms with Gasteiger partial charge in [-0.2, -0.15) is 0 Å². The van der Waals surface area contributed by atoms with Crippen LogP contribution in [0.15, 0.2) is 0 Å². The number of halogens is 1. The second-order valence-corrected chi connectivity index (χ2v) is 6.60. The molecule has 0 bridgehead atoms. The molecular weight excluding hydrogens is 234 g/mol. The van der Waals surface area contributed by atoms with Gasteiger partial charge in [-0.15, -0.1) is 11.6 Å². The van der Waals surface area contributed by atoms with Gasteiger partial charge >= 0.3 is 0 Å². The lowest BCUT2D eigenvalue weighted by Gasteiger charge is -2.15. The summed E-state index contributed by atoms with van der Waals surface area (Å²) >= 11 is 5.53. The van der Waals surface area contributed by atoms with Gasteiger partial charge in [0.25, 0.3) is 0 Å². The van der Waals surface area contributed by atoms with Gasteiger partial charge in [-0.05, 0) is 25.2 Å². The molecule has 0 saturated carbocycles. The molecule has 1 heterocycles. The molecule has 5 heteroatoms. The normalized spacial score (nSPS) is 23.5. The highest BCUT2D eigenvalue weighted by Gasteiger charge is 2.29. The molecule has 1 saturated heterocycles. The van der Waals surface area contributed by atoms with Crippen molar-refractivity contribution < 1.29 is 8.42 Å². The molecule has 0 aromatic carbocycles. The average Bonchev–Trinajstić information content (AvgIpc) is 2.66. The Labute approximate surface area is 97.8 Å². The topological polar surface area (TPSA) is 37.4 Å². The summed E-state index contributed by atoms with van der Waals surface area (Å²) in [6.45, 7) is 3.55. The van der Waals surface area contributed by atoms with E-state index in [4.69, 9.17) is 11.6 Å². The van der Waals surface area contributed by atoms with Gasteiger partial charge in [0.2, 0.25) is 10.0 Å². The Morgan fingerprint density at radius 2 is 2.13 bits per heavy atom. The Balaban J connectivity index is 2.41. The van der Waals surface area contributed by atoms with E-state index in [0.29, 0.717) is 24.8 Å². The molecule has 1 atom stereocenters. The minimum atomic E-state index is -3.00. The highest BCUT2D eigenvalue weighted by molar-refractivity contribution is 7.89. The second kappa shape index (κ2) is 6.06. The number of unbranched alkanes of at least 4 members (excludes halogenated alkanes) is 1.